The Hall–Kier alpha value is -2.50. The fraction of sp³-hybridized carbons (Fsp3) is 0.200. The molecule has 0 saturated heterocycles. The van der Waals surface area contributed by atoms with Crippen molar-refractivity contribution in [3.05, 3.63) is 33.6 Å². The van der Waals surface area contributed by atoms with E-state index >= 15 is 0 Å². The number of aromatic nitrogens is 3. The third-order valence-corrected chi connectivity index (χ3v) is 5.04. The summed E-state index contributed by atoms with van der Waals surface area (Å²) in [5.74, 6) is 2.98. The van der Waals surface area contributed by atoms with Gasteiger partial charge in [-0.1, -0.05) is 21.7 Å². The molecular formula is C15H12N4O2S2. The van der Waals surface area contributed by atoms with Crippen LogP contribution in [0.15, 0.2) is 23.2 Å². The molecule has 0 aliphatic carbocycles. The van der Waals surface area contributed by atoms with Crippen molar-refractivity contribution in [1.82, 2.24) is 14.2 Å². The number of nitrogens with zero attached hydrogens (tertiary/aromatic N) is 4. The number of hydrogen-bond donors (Lipinski definition) is 0. The Bertz CT molecular complexity index is 991. The molecule has 8 heteroatoms. The predicted molar refractivity (Wildman–Crippen MR) is 89.7 cm³/mol. The van der Waals surface area contributed by atoms with Gasteiger partial charge in [-0.15, -0.1) is 11.5 Å². The van der Waals surface area contributed by atoms with Gasteiger partial charge >= 0.3 is 0 Å². The van der Waals surface area contributed by atoms with Crippen molar-refractivity contribution >= 4 is 39.0 Å². The van der Waals surface area contributed by atoms with E-state index < -0.39 is 0 Å². The molecule has 2 heterocycles. The maximum Gasteiger partial charge on any atom is 0.293 e. The number of aryl methyl sites for hydroxylation is 1. The molecule has 23 heavy (non-hydrogen) atoms. The summed E-state index contributed by atoms with van der Waals surface area (Å²) in [7, 11) is 1.61. The molecule has 0 unspecified atom stereocenters. The Morgan fingerprint density at radius 3 is 3.00 bits per heavy atom. The van der Waals surface area contributed by atoms with Crippen LogP contribution in [0.3, 0.4) is 0 Å². The Morgan fingerprint density at radius 2 is 2.35 bits per heavy atom. The van der Waals surface area contributed by atoms with E-state index in [1.165, 1.54) is 11.3 Å². The molecule has 6 nitrogen and oxygen atoms in total. The van der Waals surface area contributed by atoms with Gasteiger partial charge in [0, 0.05) is 0 Å². The van der Waals surface area contributed by atoms with Crippen molar-refractivity contribution in [2.45, 2.75) is 13.5 Å². The summed E-state index contributed by atoms with van der Waals surface area (Å²) < 4.78 is 11.8. The summed E-state index contributed by atoms with van der Waals surface area (Å²) in [6.45, 7) is 2.07. The highest BCUT2D eigenvalue weighted by atomic mass is 32.1. The zero-order chi connectivity index (χ0) is 16.4. The first-order valence-corrected chi connectivity index (χ1v) is 8.22. The first-order chi connectivity index (χ1) is 11.1. The number of carbonyl (C=O) groups excluding carboxylic acids is 1. The van der Waals surface area contributed by atoms with Gasteiger partial charge in [-0.05, 0) is 36.7 Å². The summed E-state index contributed by atoms with van der Waals surface area (Å²) in [5, 5.41) is 3.84. The van der Waals surface area contributed by atoms with Gasteiger partial charge in [-0.2, -0.15) is 4.99 Å². The molecule has 0 fully saturated rings. The third-order valence-electron chi connectivity index (χ3n) is 3.18. The second kappa shape index (κ2) is 6.32. The van der Waals surface area contributed by atoms with Crippen molar-refractivity contribution in [2.24, 2.45) is 4.99 Å². The number of thiazole rings is 1. The van der Waals surface area contributed by atoms with E-state index in [2.05, 4.69) is 20.5 Å². The quantitative estimate of drug-likeness (QED) is 0.683. The smallest absolute Gasteiger partial charge is 0.293 e. The summed E-state index contributed by atoms with van der Waals surface area (Å²) in [4.78, 5) is 17.5. The molecular weight excluding hydrogens is 332 g/mol. The number of rotatable bonds is 3. The summed E-state index contributed by atoms with van der Waals surface area (Å²) in [5.41, 5.74) is 1.49. The van der Waals surface area contributed by atoms with E-state index in [1.807, 2.05) is 22.8 Å². The van der Waals surface area contributed by atoms with Gasteiger partial charge in [0.2, 0.25) is 0 Å². The molecule has 0 N–H and O–H groups in total. The number of methoxy groups -OCH3 is 1. The van der Waals surface area contributed by atoms with Crippen LogP contribution in [0.25, 0.3) is 10.2 Å². The minimum absolute atomic E-state index is 0.332. The van der Waals surface area contributed by atoms with Crippen LogP contribution in [0.4, 0.5) is 0 Å². The number of amides is 1. The third kappa shape index (κ3) is 2.88. The molecule has 1 amide bonds. The highest BCUT2D eigenvalue weighted by Crippen LogP contribution is 2.23. The lowest BCUT2D eigenvalue weighted by Crippen LogP contribution is -2.16. The predicted octanol–water partition coefficient (Wildman–Crippen LogP) is 2.25. The number of fused-ring (bicyclic) bond motifs is 1. The average Bonchev–Trinajstić information content (AvgIpc) is 3.11. The summed E-state index contributed by atoms with van der Waals surface area (Å²) in [6, 6.07) is 5.66. The van der Waals surface area contributed by atoms with Crippen molar-refractivity contribution in [3.8, 4) is 18.1 Å². The molecule has 2 aromatic heterocycles. The lowest BCUT2D eigenvalue weighted by molar-refractivity contribution is 0.100. The van der Waals surface area contributed by atoms with E-state index in [0.29, 0.717) is 21.9 Å². The van der Waals surface area contributed by atoms with E-state index in [4.69, 9.17) is 11.2 Å². The molecule has 3 rings (SSSR count). The standard InChI is InChI=1S/C15H12N4O2S2/c1-4-7-19-11-6-5-10(21-3)8-12(11)22-15(19)16-14(20)13-9(2)17-18-23-13/h1,5-6,8H,7H2,2-3H3. The van der Waals surface area contributed by atoms with Crippen LogP contribution in [0.1, 0.15) is 15.4 Å². The fourth-order valence-corrected chi connectivity index (χ4v) is 3.67. The zero-order valence-corrected chi connectivity index (χ0v) is 14.1. The van der Waals surface area contributed by atoms with Crippen LogP contribution in [-0.4, -0.2) is 27.2 Å². The summed E-state index contributed by atoms with van der Waals surface area (Å²) >= 11 is 2.43. The number of benzene rings is 1. The maximum absolute atomic E-state index is 12.3. The summed E-state index contributed by atoms with van der Waals surface area (Å²) in [6.07, 6.45) is 5.45. The van der Waals surface area contributed by atoms with E-state index in [1.54, 1.807) is 14.0 Å². The van der Waals surface area contributed by atoms with E-state index in [9.17, 15) is 4.79 Å². The Morgan fingerprint density at radius 1 is 1.52 bits per heavy atom. The minimum atomic E-state index is -0.359. The Balaban J connectivity index is 2.18. The van der Waals surface area contributed by atoms with Crippen LogP contribution < -0.4 is 9.54 Å². The van der Waals surface area contributed by atoms with Crippen LogP contribution >= 0.6 is 22.9 Å². The number of ether oxygens (including phenoxy) is 1. The number of hydrogen-bond acceptors (Lipinski definition) is 6. The van der Waals surface area contributed by atoms with Gasteiger partial charge < -0.3 is 9.30 Å². The largest absolute Gasteiger partial charge is 0.497 e. The zero-order valence-electron chi connectivity index (χ0n) is 12.4. The highest BCUT2D eigenvalue weighted by Gasteiger charge is 2.14. The maximum atomic E-state index is 12.3. The van der Waals surface area contributed by atoms with Crippen LogP contribution in [0.5, 0.6) is 5.75 Å². The van der Waals surface area contributed by atoms with Crippen LogP contribution in [0.2, 0.25) is 0 Å². The van der Waals surface area contributed by atoms with Gasteiger partial charge in [0.25, 0.3) is 5.91 Å². The van der Waals surface area contributed by atoms with E-state index in [0.717, 1.165) is 27.5 Å². The average molecular weight is 344 g/mol. The normalized spacial score (nSPS) is 11.6. The lowest BCUT2D eigenvalue weighted by atomic mass is 10.3. The molecule has 0 atom stereocenters. The number of carbonyl (C=O) groups is 1. The highest BCUT2D eigenvalue weighted by molar-refractivity contribution is 7.16. The van der Waals surface area contributed by atoms with Gasteiger partial charge in [-0.25, -0.2) is 0 Å². The molecule has 0 aliphatic heterocycles. The lowest BCUT2D eigenvalue weighted by Gasteiger charge is -2.01. The van der Waals surface area contributed by atoms with E-state index in [-0.39, 0.29) is 5.91 Å². The monoisotopic (exact) mass is 344 g/mol. The molecule has 116 valence electrons. The molecule has 0 saturated carbocycles. The Kier molecular flexibility index (Phi) is 4.23. The van der Waals surface area contributed by atoms with Gasteiger partial charge in [-0.3, -0.25) is 4.79 Å². The first kappa shape index (κ1) is 15.4. The van der Waals surface area contributed by atoms with Crippen molar-refractivity contribution in [1.29, 1.82) is 0 Å². The second-order valence-corrected chi connectivity index (χ2v) is 6.38. The molecule has 1 aromatic carbocycles. The van der Waals surface area contributed by atoms with Gasteiger partial charge in [0.05, 0.1) is 29.6 Å². The Labute approximate surface area is 140 Å². The van der Waals surface area contributed by atoms with Crippen molar-refractivity contribution in [2.75, 3.05) is 7.11 Å². The number of terminal acetylenes is 1. The van der Waals surface area contributed by atoms with Gasteiger partial charge in [0.1, 0.15) is 10.6 Å². The van der Waals surface area contributed by atoms with Crippen molar-refractivity contribution < 1.29 is 9.53 Å². The fourth-order valence-electron chi connectivity index (χ4n) is 2.08. The van der Waals surface area contributed by atoms with Gasteiger partial charge in [0.15, 0.2) is 4.80 Å². The molecule has 0 bridgehead atoms. The topological polar surface area (TPSA) is 69.4 Å². The molecule has 0 aliphatic rings. The molecule has 0 spiro atoms. The second-order valence-electron chi connectivity index (χ2n) is 4.61. The van der Waals surface area contributed by atoms with Crippen molar-refractivity contribution in [3.63, 3.8) is 0 Å². The van der Waals surface area contributed by atoms with Crippen LogP contribution in [-0.2, 0) is 6.54 Å². The van der Waals surface area contributed by atoms with Crippen LogP contribution in [0, 0.1) is 19.3 Å². The first-order valence-electron chi connectivity index (χ1n) is 6.63. The minimum Gasteiger partial charge on any atom is -0.497 e. The molecule has 3 aromatic rings. The molecule has 0 radical (unpaired) electrons. The SMILES string of the molecule is C#CCn1c(=NC(=O)c2snnc2C)sc2cc(OC)ccc21.